The maximum absolute atomic E-state index is 11.9. The maximum Gasteiger partial charge on any atom is 0.253 e. The number of nitrogens with one attached hydrogen (secondary N) is 1. The Bertz CT molecular complexity index is 422. The van der Waals surface area contributed by atoms with Crippen LogP contribution < -0.4 is 5.32 Å². The third-order valence-corrected chi connectivity index (χ3v) is 3.28. The molecule has 98 valence electrons. The van der Waals surface area contributed by atoms with Gasteiger partial charge in [0.2, 0.25) is 0 Å². The summed E-state index contributed by atoms with van der Waals surface area (Å²) in [6.45, 7) is 0. The Morgan fingerprint density at radius 1 is 1.28 bits per heavy atom. The molecule has 0 saturated heterocycles. The van der Waals surface area contributed by atoms with Gasteiger partial charge in [-0.05, 0) is 18.9 Å². The highest BCUT2D eigenvalue weighted by Gasteiger charge is 2.23. The average Bonchev–Trinajstić information content (AvgIpc) is 2.55. The Kier molecular flexibility index (Phi) is 4.15. The van der Waals surface area contributed by atoms with Crippen LogP contribution in [0.15, 0.2) is 18.5 Å². The number of amides is 1. The number of nitrogens with zero attached hydrogens (tertiary/aromatic N) is 1. The molecule has 1 aromatic heterocycles. The fraction of sp³-hybridized carbons (Fsp3) is 0.538. The summed E-state index contributed by atoms with van der Waals surface area (Å²) in [6, 6.07) is 1.16. The Balaban J connectivity index is 2.01. The minimum Gasteiger partial charge on any atom is -0.506 e. The van der Waals surface area contributed by atoms with Crippen LogP contribution in [0.4, 0.5) is 0 Å². The van der Waals surface area contributed by atoms with Gasteiger partial charge < -0.3 is 15.5 Å². The van der Waals surface area contributed by atoms with Gasteiger partial charge in [0.05, 0.1) is 23.9 Å². The Morgan fingerprint density at radius 2 is 2.06 bits per heavy atom. The molecule has 2 atom stereocenters. The molecular weight excluding hydrogens is 232 g/mol. The predicted molar refractivity (Wildman–Crippen MR) is 66.2 cm³/mol. The van der Waals surface area contributed by atoms with Crippen LogP contribution in [0, 0.1) is 0 Å². The molecule has 1 aliphatic rings. The maximum atomic E-state index is 11.9. The first kappa shape index (κ1) is 12.8. The highest BCUT2D eigenvalue weighted by molar-refractivity contribution is 5.94. The fourth-order valence-corrected chi connectivity index (χ4v) is 2.26. The zero-order valence-electron chi connectivity index (χ0n) is 10.2. The van der Waals surface area contributed by atoms with E-state index in [-0.39, 0.29) is 17.7 Å². The summed E-state index contributed by atoms with van der Waals surface area (Å²) in [7, 11) is 0. The molecule has 5 heteroatoms. The first-order chi connectivity index (χ1) is 8.66. The van der Waals surface area contributed by atoms with E-state index in [1.54, 1.807) is 0 Å². The second-order valence-corrected chi connectivity index (χ2v) is 4.72. The van der Waals surface area contributed by atoms with E-state index < -0.39 is 6.10 Å². The number of hydrogen-bond acceptors (Lipinski definition) is 4. The minimum absolute atomic E-state index is 0.0379. The van der Waals surface area contributed by atoms with Gasteiger partial charge in [-0.25, -0.2) is 0 Å². The molecule has 1 heterocycles. The quantitative estimate of drug-likeness (QED) is 0.689. The Morgan fingerprint density at radius 3 is 2.83 bits per heavy atom. The van der Waals surface area contributed by atoms with E-state index in [9.17, 15) is 15.0 Å². The topological polar surface area (TPSA) is 82.5 Å². The van der Waals surface area contributed by atoms with Gasteiger partial charge in [-0.3, -0.25) is 9.78 Å². The van der Waals surface area contributed by atoms with Crippen molar-refractivity contribution in [2.45, 2.75) is 44.2 Å². The van der Waals surface area contributed by atoms with Crippen molar-refractivity contribution >= 4 is 5.91 Å². The number of carbonyl (C=O) groups is 1. The lowest BCUT2D eigenvalue weighted by Gasteiger charge is -2.21. The van der Waals surface area contributed by atoms with E-state index in [2.05, 4.69) is 10.3 Å². The smallest absolute Gasteiger partial charge is 0.253 e. The Hall–Kier alpha value is -1.62. The molecule has 1 saturated carbocycles. The van der Waals surface area contributed by atoms with Crippen LogP contribution in [-0.4, -0.2) is 33.3 Å². The van der Waals surface area contributed by atoms with Gasteiger partial charge in [0.15, 0.2) is 0 Å². The Labute approximate surface area is 106 Å². The summed E-state index contributed by atoms with van der Waals surface area (Å²) in [5, 5.41) is 22.0. The van der Waals surface area contributed by atoms with E-state index in [1.807, 2.05) is 0 Å². The average molecular weight is 250 g/mol. The zero-order chi connectivity index (χ0) is 13.0. The van der Waals surface area contributed by atoms with Crippen molar-refractivity contribution in [3.63, 3.8) is 0 Å². The van der Waals surface area contributed by atoms with E-state index in [0.717, 1.165) is 32.1 Å². The molecule has 0 aromatic carbocycles. The van der Waals surface area contributed by atoms with Crippen LogP contribution in [0.5, 0.6) is 5.75 Å². The van der Waals surface area contributed by atoms with Crippen molar-refractivity contribution in [3.8, 4) is 5.75 Å². The minimum atomic E-state index is -0.485. The number of pyridine rings is 1. The van der Waals surface area contributed by atoms with E-state index >= 15 is 0 Å². The van der Waals surface area contributed by atoms with E-state index in [4.69, 9.17) is 0 Å². The molecule has 1 fully saturated rings. The van der Waals surface area contributed by atoms with Crippen LogP contribution in [0.3, 0.4) is 0 Å². The molecule has 18 heavy (non-hydrogen) atoms. The number of aromatic hydroxyl groups is 1. The molecule has 1 amide bonds. The summed E-state index contributed by atoms with van der Waals surface area (Å²) >= 11 is 0. The van der Waals surface area contributed by atoms with Gasteiger partial charge >= 0.3 is 0 Å². The molecule has 0 spiro atoms. The van der Waals surface area contributed by atoms with Crippen LogP contribution in [0.1, 0.15) is 42.5 Å². The number of aromatic nitrogens is 1. The number of aliphatic hydroxyl groups is 1. The van der Waals surface area contributed by atoms with Crippen molar-refractivity contribution in [2.24, 2.45) is 0 Å². The molecule has 1 aliphatic carbocycles. The van der Waals surface area contributed by atoms with Crippen LogP contribution in [-0.2, 0) is 0 Å². The molecule has 2 rings (SSSR count). The van der Waals surface area contributed by atoms with Gasteiger partial charge in [0, 0.05) is 6.20 Å². The molecule has 2 unspecified atom stereocenters. The molecule has 0 radical (unpaired) electrons. The lowest BCUT2D eigenvalue weighted by atomic mass is 10.1. The third kappa shape index (κ3) is 3.20. The second kappa shape index (κ2) is 5.82. The molecule has 3 N–H and O–H groups in total. The monoisotopic (exact) mass is 250 g/mol. The van der Waals surface area contributed by atoms with Crippen molar-refractivity contribution in [3.05, 3.63) is 24.0 Å². The molecular formula is C13H18N2O3. The number of aliphatic hydroxyl groups excluding tert-OH is 1. The molecule has 1 aromatic rings. The predicted octanol–water partition coefficient (Wildman–Crippen LogP) is 1.21. The lowest BCUT2D eigenvalue weighted by molar-refractivity contribution is 0.0818. The first-order valence-electron chi connectivity index (χ1n) is 6.30. The zero-order valence-corrected chi connectivity index (χ0v) is 10.2. The fourth-order valence-electron chi connectivity index (χ4n) is 2.26. The van der Waals surface area contributed by atoms with Crippen molar-refractivity contribution in [2.75, 3.05) is 0 Å². The molecule has 0 aliphatic heterocycles. The summed E-state index contributed by atoms with van der Waals surface area (Å²) in [6.07, 6.45) is 6.82. The van der Waals surface area contributed by atoms with Gasteiger partial charge in [0.1, 0.15) is 5.75 Å². The normalized spacial score (nSPS) is 24.3. The van der Waals surface area contributed by atoms with E-state index in [0.29, 0.717) is 5.56 Å². The van der Waals surface area contributed by atoms with Gasteiger partial charge in [0.25, 0.3) is 5.91 Å². The first-order valence-corrected chi connectivity index (χ1v) is 6.30. The summed E-state index contributed by atoms with van der Waals surface area (Å²) in [5.74, 6) is -0.339. The van der Waals surface area contributed by atoms with Crippen LogP contribution in [0.25, 0.3) is 0 Å². The number of rotatable bonds is 2. The number of carbonyl (C=O) groups excluding carboxylic acids is 1. The second-order valence-electron chi connectivity index (χ2n) is 4.72. The van der Waals surface area contributed by atoms with Crippen LogP contribution in [0.2, 0.25) is 0 Å². The largest absolute Gasteiger partial charge is 0.506 e. The standard InChI is InChI=1S/C13H18N2O3/c16-10-6-9(7-14-8-10)13(18)15-11-4-2-1-3-5-12(11)17/h6-8,11-12,16-17H,1-5H2,(H,15,18). The highest BCUT2D eigenvalue weighted by Crippen LogP contribution is 2.18. The van der Waals surface area contributed by atoms with E-state index in [1.165, 1.54) is 18.5 Å². The van der Waals surface area contributed by atoms with Crippen molar-refractivity contribution in [1.82, 2.24) is 10.3 Å². The summed E-state index contributed by atoms with van der Waals surface area (Å²) in [5.41, 5.74) is 0.312. The third-order valence-electron chi connectivity index (χ3n) is 3.28. The van der Waals surface area contributed by atoms with Gasteiger partial charge in [-0.2, -0.15) is 0 Å². The van der Waals surface area contributed by atoms with Crippen LogP contribution >= 0.6 is 0 Å². The molecule has 0 bridgehead atoms. The SMILES string of the molecule is O=C(NC1CCCCCC1O)c1cncc(O)c1. The van der Waals surface area contributed by atoms with Crippen molar-refractivity contribution < 1.29 is 15.0 Å². The van der Waals surface area contributed by atoms with Crippen molar-refractivity contribution in [1.29, 1.82) is 0 Å². The molecule has 5 nitrogen and oxygen atoms in total. The summed E-state index contributed by atoms with van der Waals surface area (Å²) < 4.78 is 0. The van der Waals surface area contributed by atoms with Gasteiger partial charge in [-0.1, -0.05) is 19.3 Å². The van der Waals surface area contributed by atoms with Gasteiger partial charge in [-0.15, -0.1) is 0 Å². The lowest BCUT2D eigenvalue weighted by Crippen LogP contribution is -2.42. The number of hydrogen-bond donors (Lipinski definition) is 3. The summed E-state index contributed by atoms with van der Waals surface area (Å²) in [4.78, 5) is 15.7. The highest BCUT2D eigenvalue weighted by atomic mass is 16.3.